The standard InChI is InChI=1S/C13H14N2O3/c1-8-2-5-11(18-8)12-10-4-3-9(13(16)17)6-15(10)7-14-12/h2,5,7,9H,3-4,6H2,1H3,(H,16,17). The van der Waals surface area contributed by atoms with Crippen molar-refractivity contribution in [3.63, 3.8) is 0 Å². The van der Waals surface area contributed by atoms with Crippen LogP contribution in [0.25, 0.3) is 11.5 Å². The average molecular weight is 246 g/mol. The number of nitrogens with zero attached hydrogens (tertiary/aromatic N) is 2. The van der Waals surface area contributed by atoms with E-state index in [1.165, 1.54) is 0 Å². The topological polar surface area (TPSA) is 68.3 Å². The Morgan fingerprint density at radius 1 is 1.56 bits per heavy atom. The number of carboxylic acid groups (broad SMARTS) is 1. The monoisotopic (exact) mass is 246 g/mol. The molecule has 0 fully saturated rings. The van der Waals surface area contributed by atoms with Crippen LogP contribution in [-0.2, 0) is 17.8 Å². The predicted octanol–water partition coefficient (Wildman–Crippen LogP) is 2.10. The lowest BCUT2D eigenvalue weighted by Crippen LogP contribution is -2.26. The van der Waals surface area contributed by atoms with Crippen LogP contribution in [0.1, 0.15) is 17.9 Å². The molecule has 2 aromatic rings. The number of aryl methyl sites for hydroxylation is 1. The molecule has 0 saturated heterocycles. The van der Waals surface area contributed by atoms with Gasteiger partial charge in [-0.3, -0.25) is 4.79 Å². The molecule has 5 nitrogen and oxygen atoms in total. The molecule has 0 saturated carbocycles. The minimum absolute atomic E-state index is 0.308. The van der Waals surface area contributed by atoms with Crippen molar-refractivity contribution in [2.24, 2.45) is 5.92 Å². The molecule has 3 rings (SSSR count). The first kappa shape index (κ1) is 11.1. The van der Waals surface area contributed by atoms with E-state index >= 15 is 0 Å². The summed E-state index contributed by atoms with van der Waals surface area (Å²) in [5.74, 6) is 0.573. The highest BCUT2D eigenvalue weighted by atomic mass is 16.4. The van der Waals surface area contributed by atoms with E-state index in [4.69, 9.17) is 9.52 Å². The molecule has 18 heavy (non-hydrogen) atoms. The van der Waals surface area contributed by atoms with Crippen molar-refractivity contribution in [1.29, 1.82) is 0 Å². The number of carbonyl (C=O) groups is 1. The van der Waals surface area contributed by atoms with Crippen LogP contribution in [0.5, 0.6) is 0 Å². The van der Waals surface area contributed by atoms with E-state index in [1.54, 1.807) is 6.33 Å². The summed E-state index contributed by atoms with van der Waals surface area (Å²) in [7, 11) is 0. The third kappa shape index (κ3) is 1.72. The summed E-state index contributed by atoms with van der Waals surface area (Å²) in [5, 5.41) is 9.04. The van der Waals surface area contributed by atoms with Gasteiger partial charge >= 0.3 is 5.97 Å². The van der Waals surface area contributed by atoms with Gasteiger partial charge in [0.2, 0.25) is 0 Å². The molecular weight excluding hydrogens is 232 g/mol. The second kappa shape index (κ2) is 4.01. The highest BCUT2D eigenvalue weighted by Crippen LogP contribution is 2.29. The molecule has 0 radical (unpaired) electrons. The first-order chi connectivity index (χ1) is 8.65. The van der Waals surface area contributed by atoms with Crippen molar-refractivity contribution < 1.29 is 14.3 Å². The number of furan rings is 1. The van der Waals surface area contributed by atoms with Gasteiger partial charge in [-0.05, 0) is 31.9 Å². The lowest BCUT2D eigenvalue weighted by atomic mass is 9.97. The number of fused-ring (bicyclic) bond motifs is 1. The molecule has 1 aliphatic heterocycles. The van der Waals surface area contributed by atoms with Crippen LogP contribution >= 0.6 is 0 Å². The zero-order valence-electron chi connectivity index (χ0n) is 10.1. The molecule has 94 valence electrons. The summed E-state index contributed by atoms with van der Waals surface area (Å²) in [4.78, 5) is 15.3. The Morgan fingerprint density at radius 2 is 2.39 bits per heavy atom. The van der Waals surface area contributed by atoms with Gasteiger partial charge < -0.3 is 14.1 Å². The van der Waals surface area contributed by atoms with Gasteiger partial charge in [0.05, 0.1) is 12.2 Å². The molecule has 2 aromatic heterocycles. The number of imidazole rings is 1. The fourth-order valence-corrected chi connectivity index (χ4v) is 2.44. The molecule has 0 amide bonds. The molecule has 1 N–H and O–H groups in total. The number of aromatic nitrogens is 2. The van der Waals surface area contributed by atoms with Crippen LogP contribution in [0.3, 0.4) is 0 Å². The van der Waals surface area contributed by atoms with E-state index < -0.39 is 5.97 Å². The summed E-state index contributed by atoms with van der Waals surface area (Å²) in [6.07, 6.45) is 3.09. The van der Waals surface area contributed by atoms with Crippen molar-refractivity contribution in [3.8, 4) is 11.5 Å². The Balaban J connectivity index is 1.95. The number of hydrogen-bond donors (Lipinski definition) is 1. The minimum atomic E-state index is -0.732. The summed E-state index contributed by atoms with van der Waals surface area (Å²) in [6, 6.07) is 3.81. The second-order valence-electron chi connectivity index (χ2n) is 4.68. The van der Waals surface area contributed by atoms with Crippen LogP contribution in [0.2, 0.25) is 0 Å². The van der Waals surface area contributed by atoms with Gasteiger partial charge in [-0.15, -0.1) is 0 Å². The van der Waals surface area contributed by atoms with Crippen molar-refractivity contribution >= 4 is 5.97 Å². The number of rotatable bonds is 2. The van der Waals surface area contributed by atoms with E-state index in [-0.39, 0.29) is 5.92 Å². The quantitative estimate of drug-likeness (QED) is 0.881. The van der Waals surface area contributed by atoms with Gasteiger partial charge in [-0.1, -0.05) is 0 Å². The van der Waals surface area contributed by atoms with Crippen molar-refractivity contribution in [1.82, 2.24) is 9.55 Å². The van der Waals surface area contributed by atoms with Gasteiger partial charge in [-0.2, -0.15) is 0 Å². The zero-order valence-corrected chi connectivity index (χ0v) is 10.1. The molecule has 1 aliphatic rings. The molecule has 0 spiro atoms. The van der Waals surface area contributed by atoms with Gasteiger partial charge in [0.1, 0.15) is 11.5 Å². The minimum Gasteiger partial charge on any atom is -0.481 e. The van der Waals surface area contributed by atoms with Gasteiger partial charge in [-0.25, -0.2) is 4.98 Å². The lowest BCUT2D eigenvalue weighted by molar-refractivity contribution is -0.142. The van der Waals surface area contributed by atoms with Crippen molar-refractivity contribution in [3.05, 3.63) is 29.9 Å². The molecule has 0 aliphatic carbocycles. The van der Waals surface area contributed by atoms with E-state index in [2.05, 4.69) is 4.98 Å². The average Bonchev–Trinajstić information content (AvgIpc) is 2.93. The zero-order chi connectivity index (χ0) is 12.7. The van der Waals surface area contributed by atoms with E-state index in [1.807, 2.05) is 23.6 Å². The van der Waals surface area contributed by atoms with Gasteiger partial charge in [0.15, 0.2) is 5.76 Å². The Labute approximate surface area is 104 Å². The summed E-state index contributed by atoms with van der Waals surface area (Å²) < 4.78 is 7.50. The number of carboxylic acids is 1. The largest absolute Gasteiger partial charge is 0.481 e. The Morgan fingerprint density at radius 3 is 3.06 bits per heavy atom. The van der Waals surface area contributed by atoms with Crippen LogP contribution in [-0.4, -0.2) is 20.6 Å². The van der Waals surface area contributed by atoms with Crippen molar-refractivity contribution in [2.45, 2.75) is 26.3 Å². The van der Waals surface area contributed by atoms with Gasteiger partial charge in [0, 0.05) is 12.2 Å². The van der Waals surface area contributed by atoms with Crippen LogP contribution in [0, 0.1) is 12.8 Å². The van der Waals surface area contributed by atoms with Gasteiger partial charge in [0.25, 0.3) is 0 Å². The molecule has 1 atom stereocenters. The lowest BCUT2D eigenvalue weighted by Gasteiger charge is -2.21. The molecular formula is C13H14N2O3. The summed E-state index contributed by atoms with van der Waals surface area (Å²) in [5.41, 5.74) is 1.91. The SMILES string of the molecule is Cc1ccc(-c2ncn3c2CCC(C(=O)O)C3)o1. The maximum Gasteiger partial charge on any atom is 0.308 e. The fourth-order valence-electron chi connectivity index (χ4n) is 2.44. The number of hydrogen-bond acceptors (Lipinski definition) is 3. The Bertz CT molecular complexity index is 597. The maximum atomic E-state index is 11.0. The fraction of sp³-hybridized carbons (Fsp3) is 0.385. The maximum absolute atomic E-state index is 11.0. The van der Waals surface area contributed by atoms with Crippen LogP contribution < -0.4 is 0 Å². The molecule has 0 aromatic carbocycles. The van der Waals surface area contributed by atoms with E-state index in [0.29, 0.717) is 13.0 Å². The van der Waals surface area contributed by atoms with Crippen molar-refractivity contribution in [2.75, 3.05) is 0 Å². The third-order valence-corrected chi connectivity index (χ3v) is 3.42. The van der Waals surface area contributed by atoms with Crippen LogP contribution in [0.15, 0.2) is 22.9 Å². The molecule has 5 heteroatoms. The molecule has 1 unspecified atom stereocenters. The smallest absolute Gasteiger partial charge is 0.308 e. The normalized spacial score (nSPS) is 18.6. The van der Waals surface area contributed by atoms with Crippen LogP contribution in [0.4, 0.5) is 0 Å². The highest BCUT2D eigenvalue weighted by molar-refractivity contribution is 5.70. The first-order valence-electron chi connectivity index (χ1n) is 5.99. The predicted molar refractivity (Wildman–Crippen MR) is 64.1 cm³/mol. The Kier molecular flexibility index (Phi) is 2.47. The third-order valence-electron chi connectivity index (χ3n) is 3.42. The summed E-state index contributed by atoms with van der Waals surface area (Å²) in [6.45, 7) is 2.39. The Hall–Kier alpha value is -2.04. The van der Waals surface area contributed by atoms with E-state index in [0.717, 1.165) is 29.3 Å². The summed E-state index contributed by atoms with van der Waals surface area (Å²) >= 11 is 0. The highest BCUT2D eigenvalue weighted by Gasteiger charge is 2.27. The van der Waals surface area contributed by atoms with E-state index in [9.17, 15) is 4.79 Å². The first-order valence-corrected chi connectivity index (χ1v) is 5.99. The number of aliphatic carboxylic acids is 1. The molecule has 0 bridgehead atoms. The second-order valence-corrected chi connectivity index (χ2v) is 4.68. The molecule has 3 heterocycles.